The van der Waals surface area contributed by atoms with Crippen LogP contribution in [0.15, 0.2) is 48.3 Å². The Balaban J connectivity index is 2.59. The van der Waals surface area contributed by atoms with E-state index in [4.69, 9.17) is 4.74 Å². The minimum atomic E-state index is 0.275. The average molecular weight is 190 g/mol. The molecule has 14 heavy (non-hydrogen) atoms. The normalized spacial score (nSPS) is 26.9. The molecule has 0 bridgehead atoms. The Morgan fingerprint density at radius 1 is 1.43 bits per heavy atom. The van der Waals surface area contributed by atoms with Gasteiger partial charge in [-0.2, -0.15) is 0 Å². The van der Waals surface area contributed by atoms with Gasteiger partial charge >= 0.3 is 0 Å². The van der Waals surface area contributed by atoms with Gasteiger partial charge in [0.2, 0.25) is 0 Å². The van der Waals surface area contributed by atoms with E-state index in [0.717, 1.165) is 11.3 Å². The maximum absolute atomic E-state index is 5.65. The van der Waals surface area contributed by atoms with Gasteiger partial charge in [-0.25, -0.2) is 0 Å². The molecular formula is C13H18O. The van der Waals surface area contributed by atoms with E-state index in [9.17, 15) is 0 Å². The largest absolute Gasteiger partial charge is 0.490 e. The predicted octanol–water partition coefficient (Wildman–Crippen LogP) is 3.61. The molecule has 0 amide bonds. The highest BCUT2D eigenvalue weighted by Gasteiger charge is 2.21. The molecule has 1 nitrogen and oxygen atoms in total. The van der Waals surface area contributed by atoms with Crippen LogP contribution in [0.4, 0.5) is 0 Å². The maximum Gasteiger partial charge on any atom is 0.122 e. The lowest BCUT2D eigenvalue weighted by atomic mass is 10.1. The van der Waals surface area contributed by atoms with Crippen LogP contribution in [0.1, 0.15) is 20.8 Å². The molecule has 0 aromatic heterocycles. The van der Waals surface area contributed by atoms with Gasteiger partial charge in [-0.3, -0.25) is 0 Å². The van der Waals surface area contributed by atoms with Crippen molar-refractivity contribution in [2.24, 2.45) is 5.92 Å². The van der Waals surface area contributed by atoms with E-state index in [0.29, 0.717) is 5.92 Å². The van der Waals surface area contributed by atoms with Crippen LogP contribution in [0, 0.1) is 5.92 Å². The van der Waals surface area contributed by atoms with Gasteiger partial charge in [0.15, 0.2) is 0 Å². The van der Waals surface area contributed by atoms with Crippen molar-refractivity contribution < 1.29 is 4.74 Å². The second kappa shape index (κ2) is 4.85. The summed E-state index contributed by atoms with van der Waals surface area (Å²) in [6.07, 6.45) is 10.3. The van der Waals surface area contributed by atoms with Gasteiger partial charge < -0.3 is 4.74 Å². The predicted molar refractivity (Wildman–Crippen MR) is 60.9 cm³/mol. The Bertz CT molecular complexity index is 294. The van der Waals surface area contributed by atoms with Crippen LogP contribution in [-0.2, 0) is 4.74 Å². The summed E-state index contributed by atoms with van der Waals surface area (Å²) in [4.78, 5) is 0. The topological polar surface area (TPSA) is 9.23 Å². The van der Waals surface area contributed by atoms with Crippen molar-refractivity contribution >= 4 is 0 Å². The van der Waals surface area contributed by atoms with Crippen LogP contribution in [0.2, 0.25) is 0 Å². The van der Waals surface area contributed by atoms with Crippen LogP contribution < -0.4 is 0 Å². The lowest BCUT2D eigenvalue weighted by Crippen LogP contribution is -2.07. The second-order valence-electron chi connectivity index (χ2n) is 3.62. The molecule has 1 heteroatoms. The summed E-state index contributed by atoms with van der Waals surface area (Å²) in [7, 11) is 0. The van der Waals surface area contributed by atoms with Crippen LogP contribution in [0.3, 0.4) is 0 Å². The van der Waals surface area contributed by atoms with Crippen LogP contribution in [0.5, 0.6) is 0 Å². The SMILES string of the molecule is C=C(C=CC=CC)C1=CC(C)C(C)O1. The summed E-state index contributed by atoms with van der Waals surface area (Å²) in [6, 6.07) is 0. The average Bonchev–Trinajstić information content (AvgIpc) is 2.47. The minimum Gasteiger partial charge on any atom is -0.490 e. The molecule has 0 spiro atoms. The molecular weight excluding hydrogens is 172 g/mol. The molecule has 76 valence electrons. The lowest BCUT2D eigenvalue weighted by molar-refractivity contribution is 0.140. The van der Waals surface area contributed by atoms with Crippen molar-refractivity contribution in [2.45, 2.75) is 26.9 Å². The van der Waals surface area contributed by atoms with Crippen molar-refractivity contribution in [3.05, 3.63) is 48.3 Å². The van der Waals surface area contributed by atoms with Crippen molar-refractivity contribution in [1.29, 1.82) is 0 Å². The third kappa shape index (κ3) is 2.63. The summed E-state index contributed by atoms with van der Waals surface area (Å²) < 4.78 is 5.65. The van der Waals surface area contributed by atoms with Crippen LogP contribution in [0.25, 0.3) is 0 Å². The summed E-state index contributed by atoms with van der Waals surface area (Å²) in [5.41, 5.74) is 0.944. The summed E-state index contributed by atoms with van der Waals surface area (Å²) >= 11 is 0. The third-order valence-corrected chi connectivity index (χ3v) is 2.39. The van der Waals surface area contributed by atoms with E-state index >= 15 is 0 Å². The minimum absolute atomic E-state index is 0.275. The fraction of sp³-hybridized carbons (Fsp3) is 0.385. The highest BCUT2D eigenvalue weighted by atomic mass is 16.5. The Morgan fingerprint density at radius 3 is 2.64 bits per heavy atom. The van der Waals surface area contributed by atoms with Crippen molar-refractivity contribution in [3.8, 4) is 0 Å². The number of hydrogen-bond donors (Lipinski definition) is 0. The van der Waals surface area contributed by atoms with Gasteiger partial charge in [0.25, 0.3) is 0 Å². The van der Waals surface area contributed by atoms with Gasteiger partial charge in [-0.1, -0.05) is 37.8 Å². The summed E-state index contributed by atoms with van der Waals surface area (Å²) in [5.74, 6) is 1.41. The molecule has 1 rings (SSSR count). The molecule has 1 aliphatic heterocycles. The van der Waals surface area contributed by atoms with Crippen molar-refractivity contribution in [3.63, 3.8) is 0 Å². The van der Waals surface area contributed by atoms with Gasteiger partial charge in [0.05, 0.1) is 0 Å². The monoisotopic (exact) mass is 190 g/mol. The second-order valence-corrected chi connectivity index (χ2v) is 3.62. The zero-order valence-corrected chi connectivity index (χ0v) is 9.16. The van der Waals surface area contributed by atoms with E-state index in [2.05, 4.69) is 26.5 Å². The quantitative estimate of drug-likeness (QED) is 0.618. The molecule has 0 fully saturated rings. The number of hydrogen-bond acceptors (Lipinski definition) is 1. The first kappa shape index (κ1) is 10.8. The zero-order valence-electron chi connectivity index (χ0n) is 9.16. The molecule has 0 aromatic rings. The standard InChI is InChI=1S/C13H18O/c1-5-6-7-8-10(2)13-9-11(3)12(4)14-13/h5-9,11-12H,2H2,1,3-4H3. The maximum atomic E-state index is 5.65. The first-order valence-electron chi connectivity index (χ1n) is 5.02. The molecule has 0 aromatic carbocycles. The Labute approximate surface area is 86.5 Å². The molecule has 0 aliphatic carbocycles. The van der Waals surface area contributed by atoms with E-state index in [1.807, 2.05) is 31.2 Å². The first-order valence-corrected chi connectivity index (χ1v) is 5.02. The first-order chi connectivity index (χ1) is 6.65. The Morgan fingerprint density at radius 2 is 2.14 bits per heavy atom. The fourth-order valence-electron chi connectivity index (χ4n) is 1.27. The third-order valence-electron chi connectivity index (χ3n) is 2.39. The molecule has 0 saturated carbocycles. The van der Waals surface area contributed by atoms with Gasteiger partial charge in [0, 0.05) is 11.5 Å². The summed E-state index contributed by atoms with van der Waals surface area (Å²) in [5, 5.41) is 0. The van der Waals surface area contributed by atoms with Crippen molar-refractivity contribution in [2.75, 3.05) is 0 Å². The highest BCUT2D eigenvalue weighted by molar-refractivity contribution is 5.36. The van der Waals surface area contributed by atoms with E-state index in [1.165, 1.54) is 0 Å². The van der Waals surface area contributed by atoms with Crippen LogP contribution in [-0.4, -0.2) is 6.10 Å². The molecule has 1 aliphatic rings. The van der Waals surface area contributed by atoms with Gasteiger partial charge in [-0.05, 0) is 19.9 Å². The Hall–Kier alpha value is -1.24. The smallest absolute Gasteiger partial charge is 0.122 e. The highest BCUT2D eigenvalue weighted by Crippen LogP contribution is 2.27. The van der Waals surface area contributed by atoms with Crippen LogP contribution >= 0.6 is 0 Å². The number of ether oxygens (including phenoxy) is 1. The number of rotatable bonds is 3. The molecule has 2 atom stereocenters. The molecule has 2 unspecified atom stereocenters. The molecule has 1 heterocycles. The van der Waals surface area contributed by atoms with E-state index < -0.39 is 0 Å². The zero-order chi connectivity index (χ0) is 10.6. The molecule has 0 radical (unpaired) electrons. The molecule has 0 N–H and O–H groups in total. The van der Waals surface area contributed by atoms with Crippen molar-refractivity contribution in [1.82, 2.24) is 0 Å². The Kier molecular flexibility index (Phi) is 3.75. The van der Waals surface area contributed by atoms with E-state index in [1.54, 1.807) is 0 Å². The fourth-order valence-corrected chi connectivity index (χ4v) is 1.27. The van der Waals surface area contributed by atoms with E-state index in [-0.39, 0.29) is 6.10 Å². The molecule has 0 saturated heterocycles. The van der Waals surface area contributed by atoms with Gasteiger partial charge in [-0.15, -0.1) is 0 Å². The van der Waals surface area contributed by atoms with Gasteiger partial charge in [0.1, 0.15) is 11.9 Å². The lowest BCUT2D eigenvalue weighted by Gasteiger charge is -2.10. The summed E-state index contributed by atoms with van der Waals surface area (Å²) in [6.45, 7) is 10.2. The number of allylic oxidation sites excluding steroid dienone is 4.